The van der Waals surface area contributed by atoms with Crippen LogP contribution in [-0.4, -0.2) is 40.5 Å². The van der Waals surface area contributed by atoms with Gasteiger partial charge in [0, 0.05) is 47.7 Å². The van der Waals surface area contributed by atoms with E-state index >= 15 is 0 Å². The van der Waals surface area contributed by atoms with Crippen LogP contribution in [-0.2, 0) is 0 Å². The van der Waals surface area contributed by atoms with Crippen LogP contribution in [0.25, 0.3) is 38.9 Å². The van der Waals surface area contributed by atoms with Crippen molar-refractivity contribution in [3.63, 3.8) is 0 Å². The Morgan fingerprint density at radius 2 is 1.74 bits per heavy atom. The lowest BCUT2D eigenvalue weighted by atomic mass is 9.78. The summed E-state index contributed by atoms with van der Waals surface area (Å²) in [5, 5.41) is 3.93. The average molecular weight is 510 g/mol. The van der Waals surface area contributed by atoms with Crippen LogP contribution in [0.2, 0.25) is 0 Å². The molecule has 2 aliphatic rings. The number of aryl methyl sites for hydroxylation is 1. The van der Waals surface area contributed by atoms with Crippen LogP contribution in [0.3, 0.4) is 0 Å². The lowest BCUT2D eigenvalue weighted by molar-refractivity contribution is 0.232. The van der Waals surface area contributed by atoms with Crippen molar-refractivity contribution in [1.29, 1.82) is 0 Å². The van der Waals surface area contributed by atoms with Crippen molar-refractivity contribution in [2.24, 2.45) is 5.41 Å². The third-order valence-corrected chi connectivity index (χ3v) is 8.42. The number of imidazole rings is 1. The predicted molar refractivity (Wildman–Crippen MR) is 147 cm³/mol. The van der Waals surface area contributed by atoms with Gasteiger partial charge in [-0.1, -0.05) is 12.1 Å². The number of fused-ring (bicyclic) bond motifs is 2. The number of hydrogen-bond donors (Lipinski definition) is 1. The molecule has 7 heteroatoms. The van der Waals surface area contributed by atoms with E-state index in [9.17, 15) is 8.78 Å². The van der Waals surface area contributed by atoms with E-state index in [0.29, 0.717) is 22.1 Å². The normalized spacial score (nSPS) is 17.2. The Balaban J connectivity index is 1.19. The fourth-order valence-corrected chi connectivity index (χ4v) is 6.34. The zero-order valence-electron chi connectivity index (χ0n) is 21.3. The number of pyridine rings is 2. The minimum Gasteiger partial charge on any atom is -0.371 e. The van der Waals surface area contributed by atoms with E-state index in [0.717, 1.165) is 54.7 Å². The van der Waals surface area contributed by atoms with Crippen molar-refractivity contribution in [1.82, 2.24) is 19.7 Å². The van der Waals surface area contributed by atoms with Gasteiger partial charge in [0.1, 0.15) is 17.0 Å². The van der Waals surface area contributed by atoms with Gasteiger partial charge in [-0.25, -0.2) is 18.7 Å². The number of anilines is 1. The lowest BCUT2D eigenvalue weighted by Gasteiger charge is -2.34. The molecule has 2 aromatic carbocycles. The summed E-state index contributed by atoms with van der Waals surface area (Å²) in [6, 6.07) is 17.0. The summed E-state index contributed by atoms with van der Waals surface area (Å²) in [6.45, 7) is 6.35. The van der Waals surface area contributed by atoms with Crippen molar-refractivity contribution >= 4 is 22.2 Å². The summed E-state index contributed by atoms with van der Waals surface area (Å²) in [4.78, 5) is 11.5. The second kappa shape index (κ2) is 8.88. The summed E-state index contributed by atoms with van der Waals surface area (Å²) in [5.41, 5.74) is 7.03. The van der Waals surface area contributed by atoms with Crippen LogP contribution in [0.5, 0.6) is 0 Å². The van der Waals surface area contributed by atoms with E-state index < -0.39 is 11.6 Å². The summed E-state index contributed by atoms with van der Waals surface area (Å²) in [6.07, 6.45) is 7.54. The topological polar surface area (TPSA) is 45.5 Å². The monoisotopic (exact) mass is 509 g/mol. The Labute approximate surface area is 220 Å². The number of nitrogens with one attached hydrogen (secondary N) is 1. The highest BCUT2D eigenvalue weighted by atomic mass is 19.1. The fraction of sp³-hybridized carbons (Fsp3) is 0.290. The smallest absolute Gasteiger partial charge is 0.152 e. The molecule has 0 unspecified atom stereocenters. The van der Waals surface area contributed by atoms with Gasteiger partial charge in [-0.15, -0.1) is 0 Å². The van der Waals surface area contributed by atoms with Crippen molar-refractivity contribution < 1.29 is 8.78 Å². The maximum atomic E-state index is 14.5. The molecule has 0 amide bonds. The van der Waals surface area contributed by atoms with Crippen LogP contribution in [0.1, 0.15) is 25.0 Å². The van der Waals surface area contributed by atoms with E-state index in [1.807, 2.05) is 23.6 Å². The molecule has 0 bridgehead atoms. The molecule has 38 heavy (non-hydrogen) atoms. The molecule has 192 valence electrons. The van der Waals surface area contributed by atoms with E-state index in [4.69, 9.17) is 0 Å². The number of rotatable bonds is 3. The summed E-state index contributed by atoms with van der Waals surface area (Å²) >= 11 is 0. The molecule has 0 atom stereocenters. The molecule has 0 saturated carbocycles. The first-order valence-corrected chi connectivity index (χ1v) is 13.3. The summed E-state index contributed by atoms with van der Waals surface area (Å²) < 4.78 is 30.5. The largest absolute Gasteiger partial charge is 0.371 e. The molecule has 2 aliphatic heterocycles. The van der Waals surface area contributed by atoms with Crippen LogP contribution < -0.4 is 10.2 Å². The third kappa shape index (κ3) is 3.93. The molecule has 5 nitrogen and oxygen atoms in total. The van der Waals surface area contributed by atoms with Crippen LogP contribution in [0, 0.1) is 24.0 Å². The summed E-state index contributed by atoms with van der Waals surface area (Å²) in [7, 11) is 0. The Morgan fingerprint density at radius 3 is 2.55 bits per heavy atom. The fourth-order valence-electron chi connectivity index (χ4n) is 6.34. The van der Waals surface area contributed by atoms with Gasteiger partial charge in [0.2, 0.25) is 0 Å². The Kier molecular flexibility index (Phi) is 5.44. The SMILES string of the molecule is Cc1cc(-c2cnc3cc(-c4ccc(N5CCC6(CCNCC6)C5)cc4)ccn23)c2cc(F)cc(F)c2n1. The highest BCUT2D eigenvalue weighted by molar-refractivity contribution is 5.94. The van der Waals surface area contributed by atoms with Gasteiger partial charge in [0.15, 0.2) is 5.82 Å². The molecule has 3 aromatic heterocycles. The van der Waals surface area contributed by atoms with E-state index in [1.54, 1.807) is 6.20 Å². The van der Waals surface area contributed by atoms with Gasteiger partial charge in [-0.05, 0) is 92.2 Å². The number of piperidine rings is 1. The molecule has 5 heterocycles. The molecule has 2 saturated heterocycles. The zero-order chi connectivity index (χ0) is 25.9. The number of hydrogen-bond acceptors (Lipinski definition) is 4. The maximum Gasteiger partial charge on any atom is 0.152 e. The van der Waals surface area contributed by atoms with E-state index in [1.165, 1.54) is 31.0 Å². The highest BCUT2D eigenvalue weighted by Gasteiger charge is 2.38. The van der Waals surface area contributed by atoms with Crippen molar-refractivity contribution in [3.05, 3.63) is 84.3 Å². The molecule has 2 fully saturated rings. The number of nitrogens with zero attached hydrogens (tertiary/aromatic N) is 4. The van der Waals surface area contributed by atoms with Crippen molar-refractivity contribution in [3.8, 4) is 22.4 Å². The molecular weight excluding hydrogens is 480 g/mol. The van der Waals surface area contributed by atoms with Crippen LogP contribution in [0.4, 0.5) is 14.5 Å². The quantitative estimate of drug-likeness (QED) is 0.306. The first-order chi connectivity index (χ1) is 18.5. The molecule has 7 rings (SSSR count). The Bertz CT molecular complexity index is 1670. The highest BCUT2D eigenvalue weighted by Crippen LogP contribution is 2.40. The van der Waals surface area contributed by atoms with Crippen LogP contribution in [0.15, 0.2) is 67.0 Å². The van der Waals surface area contributed by atoms with Crippen molar-refractivity contribution in [2.45, 2.75) is 26.2 Å². The van der Waals surface area contributed by atoms with E-state index in [-0.39, 0.29) is 5.52 Å². The summed E-state index contributed by atoms with van der Waals surface area (Å²) in [5.74, 6) is -1.29. The molecule has 0 aliphatic carbocycles. The van der Waals surface area contributed by atoms with Gasteiger partial charge in [-0.2, -0.15) is 0 Å². The van der Waals surface area contributed by atoms with Crippen LogP contribution >= 0.6 is 0 Å². The molecule has 1 N–H and O–H groups in total. The molecule has 1 spiro atoms. The second-order valence-electron chi connectivity index (χ2n) is 10.9. The molecule has 0 radical (unpaired) electrons. The molecule has 5 aromatic rings. The third-order valence-electron chi connectivity index (χ3n) is 8.42. The van der Waals surface area contributed by atoms with Gasteiger partial charge < -0.3 is 10.2 Å². The van der Waals surface area contributed by atoms with Gasteiger partial charge in [0.05, 0.1) is 11.9 Å². The van der Waals surface area contributed by atoms with E-state index in [2.05, 4.69) is 56.6 Å². The van der Waals surface area contributed by atoms with Gasteiger partial charge in [0.25, 0.3) is 0 Å². The number of halogens is 2. The zero-order valence-corrected chi connectivity index (χ0v) is 21.3. The van der Waals surface area contributed by atoms with Gasteiger partial charge >= 0.3 is 0 Å². The van der Waals surface area contributed by atoms with Gasteiger partial charge in [-0.3, -0.25) is 4.40 Å². The predicted octanol–water partition coefficient (Wildman–Crippen LogP) is 6.38. The lowest BCUT2D eigenvalue weighted by Crippen LogP contribution is -2.38. The first kappa shape index (κ1) is 23.3. The second-order valence-corrected chi connectivity index (χ2v) is 10.9. The maximum absolute atomic E-state index is 14.5. The minimum absolute atomic E-state index is 0.164. The number of benzene rings is 2. The van der Waals surface area contributed by atoms with Crippen molar-refractivity contribution in [2.75, 3.05) is 31.1 Å². The number of aromatic nitrogens is 3. The Morgan fingerprint density at radius 1 is 0.921 bits per heavy atom. The average Bonchev–Trinajstić information content (AvgIpc) is 3.53. The Hall–Kier alpha value is -3.84. The minimum atomic E-state index is -0.663. The molecular formula is C31H29F2N5. The standard InChI is InChI=1S/C31H29F2N5/c1-20-14-25(26-16-23(32)17-27(33)30(26)36-20)28-18-35-29-15-22(6-12-38(28)29)21-2-4-24(5-3-21)37-13-9-31(19-37)7-10-34-11-8-31/h2-6,12,14-18,34H,7-11,13,19H2,1H3. The first-order valence-electron chi connectivity index (χ1n) is 13.3.